The van der Waals surface area contributed by atoms with E-state index in [-0.39, 0.29) is 11.8 Å². The molecule has 2 unspecified atom stereocenters. The van der Waals surface area contributed by atoms with E-state index in [4.69, 9.17) is 0 Å². The number of amides is 1. The summed E-state index contributed by atoms with van der Waals surface area (Å²) >= 11 is 0. The first-order chi connectivity index (χ1) is 9.52. The van der Waals surface area contributed by atoms with Crippen LogP contribution in [0.15, 0.2) is 30.3 Å². The van der Waals surface area contributed by atoms with Crippen LogP contribution in [0.2, 0.25) is 0 Å². The number of carbonyl (C=O) groups excluding carboxylic acids is 1. The average molecular weight is 277 g/mol. The summed E-state index contributed by atoms with van der Waals surface area (Å²) in [6.07, 6.45) is 2.70. The zero-order valence-corrected chi connectivity index (χ0v) is 12.1. The molecule has 2 atom stereocenters. The van der Waals surface area contributed by atoms with Crippen molar-refractivity contribution in [3.63, 3.8) is 0 Å². The lowest BCUT2D eigenvalue weighted by atomic mass is 10.0. The zero-order valence-electron chi connectivity index (χ0n) is 12.1. The topological polar surface area (TPSA) is 66.4 Å². The Morgan fingerprint density at radius 3 is 2.45 bits per heavy atom. The quantitative estimate of drug-likeness (QED) is 0.767. The van der Waals surface area contributed by atoms with Crippen molar-refractivity contribution < 1.29 is 14.7 Å². The molecule has 0 aliphatic carbocycles. The van der Waals surface area contributed by atoms with E-state index in [2.05, 4.69) is 12.2 Å². The molecule has 1 aromatic rings. The minimum atomic E-state index is -0.995. The first-order valence-electron chi connectivity index (χ1n) is 7.09. The Hall–Kier alpha value is -1.84. The number of rotatable bonds is 8. The Labute approximate surface area is 120 Å². The minimum Gasteiger partial charge on any atom is -0.480 e. The van der Waals surface area contributed by atoms with Crippen LogP contribution in [-0.2, 0) is 16.0 Å². The second-order valence-corrected chi connectivity index (χ2v) is 5.25. The largest absolute Gasteiger partial charge is 0.480 e. The molecule has 0 fully saturated rings. The monoisotopic (exact) mass is 277 g/mol. The van der Waals surface area contributed by atoms with Gasteiger partial charge < -0.3 is 10.4 Å². The standard InChI is InChI=1S/C16H23NO3/c1-3-7-12(2)10-15(18)17-14(16(19)20)11-13-8-5-4-6-9-13/h4-6,8-9,12,14H,3,7,10-11H2,1-2H3,(H,17,18)(H,19,20). The summed E-state index contributed by atoms with van der Waals surface area (Å²) in [5.41, 5.74) is 0.904. The van der Waals surface area contributed by atoms with Gasteiger partial charge in [-0.25, -0.2) is 4.79 Å². The van der Waals surface area contributed by atoms with E-state index in [1.165, 1.54) is 0 Å². The van der Waals surface area contributed by atoms with Crippen LogP contribution < -0.4 is 5.32 Å². The molecule has 0 heterocycles. The van der Waals surface area contributed by atoms with Crippen molar-refractivity contribution in [3.8, 4) is 0 Å². The molecule has 110 valence electrons. The van der Waals surface area contributed by atoms with Gasteiger partial charge in [-0.05, 0) is 11.5 Å². The van der Waals surface area contributed by atoms with Crippen molar-refractivity contribution in [1.29, 1.82) is 0 Å². The first kappa shape index (κ1) is 16.2. The molecule has 1 amide bonds. The number of hydrogen-bond donors (Lipinski definition) is 2. The maximum absolute atomic E-state index is 11.9. The Morgan fingerprint density at radius 1 is 1.25 bits per heavy atom. The van der Waals surface area contributed by atoms with Crippen LogP contribution in [0.5, 0.6) is 0 Å². The van der Waals surface area contributed by atoms with E-state index >= 15 is 0 Å². The van der Waals surface area contributed by atoms with E-state index < -0.39 is 12.0 Å². The highest BCUT2D eigenvalue weighted by molar-refractivity contribution is 5.83. The van der Waals surface area contributed by atoms with Crippen molar-refractivity contribution >= 4 is 11.9 Å². The van der Waals surface area contributed by atoms with Crippen LogP contribution in [-0.4, -0.2) is 23.0 Å². The maximum atomic E-state index is 11.9. The molecule has 4 nitrogen and oxygen atoms in total. The first-order valence-corrected chi connectivity index (χ1v) is 7.09. The van der Waals surface area contributed by atoms with E-state index in [1.54, 1.807) is 0 Å². The second kappa shape index (κ2) is 8.35. The summed E-state index contributed by atoms with van der Waals surface area (Å²) in [7, 11) is 0. The van der Waals surface area contributed by atoms with E-state index in [0.29, 0.717) is 12.8 Å². The number of carboxylic acid groups (broad SMARTS) is 1. The Balaban J connectivity index is 2.55. The third-order valence-corrected chi connectivity index (χ3v) is 3.23. The lowest BCUT2D eigenvalue weighted by Gasteiger charge is -2.16. The smallest absolute Gasteiger partial charge is 0.326 e. The van der Waals surface area contributed by atoms with E-state index in [9.17, 15) is 14.7 Å². The fraction of sp³-hybridized carbons (Fsp3) is 0.500. The van der Waals surface area contributed by atoms with Crippen molar-refractivity contribution in [1.82, 2.24) is 5.32 Å². The Kier molecular flexibility index (Phi) is 6.77. The molecule has 1 aromatic carbocycles. The van der Waals surface area contributed by atoms with Gasteiger partial charge in [0.05, 0.1) is 0 Å². The van der Waals surface area contributed by atoms with Gasteiger partial charge in [0, 0.05) is 12.8 Å². The van der Waals surface area contributed by atoms with Crippen LogP contribution in [0.3, 0.4) is 0 Å². The zero-order chi connectivity index (χ0) is 15.0. The van der Waals surface area contributed by atoms with Gasteiger partial charge in [-0.3, -0.25) is 4.79 Å². The summed E-state index contributed by atoms with van der Waals surface area (Å²) in [5, 5.41) is 11.8. The number of carboxylic acids is 1. The molecule has 0 radical (unpaired) electrons. The van der Waals surface area contributed by atoms with Gasteiger partial charge in [0.1, 0.15) is 6.04 Å². The molecule has 4 heteroatoms. The van der Waals surface area contributed by atoms with Gasteiger partial charge in [0.2, 0.25) is 5.91 Å². The Bertz CT molecular complexity index is 431. The summed E-state index contributed by atoms with van der Waals surface area (Å²) in [6, 6.07) is 8.46. The third-order valence-electron chi connectivity index (χ3n) is 3.23. The minimum absolute atomic E-state index is 0.186. The molecular formula is C16H23NO3. The molecule has 0 aromatic heterocycles. The lowest BCUT2D eigenvalue weighted by molar-refractivity contribution is -0.141. The summed E-state index contributed by atoms with van der Waals surface area (Å²) in [4.78, 5) is 23.1. The SMILES string of the molecule is CCCC(C)CC(=O)NC(Cc1ccccc1)C(=O)O. The van der Waals surface area contributed by atoms with E-state index in [0.717, 1.165) is 18.4 Å². The fourth-order valence-corrected chi connectivity index (χ4v) is 2.21. The highest BCUT2D eigenvalue weighted by atomic mass is 16.4. The van der Waals surface area contributed by atoms with Crippen molar-refractivity contribution in [3.05, 3.63) is 35.9 Å². The molecule has 20 heavy (non-hydrogen) atoms. The fourth-order valence-electron chi connectivity index (χ4n) is 2.21. The highest BCUT2D eigenvalue weighted by Crippen LogP contribution is 2.10. The van der Waals surface area contributed by atoms with Crippen molar-refractivity contribution in [2.24, 2.45) is 5.92 Å². The maximum Gasteiger partial charge on any atom is 0.326 e. The van der Waals surface area contributed by atoms with Gasteiger partial charge in [-0.15, -0.1) is 0 Å². The lowest BCUT2D eigenvalue weighted by Crippen LogP contribution is -2.42. The molecule has 2 N–H and O–H groups in total. The molecule has 0 saturated heterocycles. The number of carbonyl (C=O) groups is 2. The number of nitrogens with one attached hydrogen (secondary N) is 1. The van der Waals surface area contributed by atoms with Gasteiger partial charge in [-0.2, -0.15) is 0 Å². The van der Waals surface area contributed by atoms with Crippen LogP contribution in [0.4, 0.5) is 0 Å². The summed E-state index contributed by atoms with van der Waals surface area (Å²) < 4.78 is 0. The average Bonchev–Trinajstić information content (AvgIpc) is 2.39. The van der Waals surface area contributed by atoms with Gasteiger partial charge >= 0.3 is 5.97 Å². The second-order valence-electron chi connectivity index (χ2n) is 5.25. The molecule has 1 rings (SSSR count). The van der Waals surface area contributed by atoms with Gasteiger partial charge in [0.25, 0.3) is 0 Å². The highest BCUT2D eigenvalue weighted by Gasteiger charge is 2.21. The normalized spacial score (nSPS) is 13.5. The number of hydrogen-bond acceptors (Lipinski definition) is 2. The predicted octanol–water partition coefficient (Wildman–Crippen LogP) is 2.62. The predicted molar refractivity (Wildman–Crippen MR) is 78.4 cm³/mol. The van der Waals surface area contributed by atoms with Crippen LogP contribution in [0.1, 0.15) is 38.7 Å². The summed E-state index contributed by atoms with van der Waals surface area (Å²) in [6.45, 7) is 4.08. The molecular weight excluding hydrogens is 254 g/mol. The van der Waals surface area contributed by atoms with Gasteiger partial charge in [0.15, 0.2) is 0 Å². The van der Waals surface area contributed by atoms with Crippen molar-refractivity contribution in [2.75, 3.05) is 0 Å². The molecule has 0 aliphatic heterocycles. The molecule has 0 aliphatic rings. The third kappa shape index (κ3) is 5.87. The molecule has 0 spiro atoms. The van der Waals surface area contributed by atoms with Crippen molar-refractivity contribution in [2.45, 2.75) is 45.6 Å². The molecule has 0 bridgehead atoms. The number of aliphatic carboxylic acids is 1. The summed E-state index contributed by atoms with van der Waals surface area (Å²) in [5.74, 6) is -0.897. The number of benzene rings is 1. The van der Waals surface area contributed by atoms with Gasteiger partial charge in [-0.1, -0.05) is 57.0 Å². The van der Waals surface area contributed by atoms with Crippen LogP contribution in [0, 0.1) is 5.92 Å². The van der Waals surface area contributed by atoms with Crippen LogP contribution >= 0.6 is 0 Å². The van der Waals surface area contributed by atoms with E-state index in [1.807, 2.05) is 37.3 Å². The Morgan fingerprint density at radius 2 is 1.90 bits per heavy atom. The molecule has 0 saturated carbocycles. The van der Waals surface area contributed by atoms with Crippen LogP contribution in [0.25, 0.3) is 0 Å².